The molecule has 0 N–H and O–H groups in total. The molecule has 0 radical (unpaired) electrons. The molecule has 0 aromatic carbocycles. The Hall–Kier alpha value is -1.65. The van der Waals surface area contributed by atoms with E-state index in [1.165, 1.54) is 6.92 Å². The summed E-state index contributed by atoms with van der Waals surface area (Å²) in [6.07, 6.45) is 0.675. The highest BCUT2D eigenvalue weighted by Crippen LogP contribution is 2.53. The van der Waals surface area contributed by atoms with E-state index in [9.17, 15) is 14.4 Å². The Morgan fingerprint density at radius 2 is 1.81 bits per heavy atom. The molecular formula is C22H34O5. The number of carbonyl (C=O) groups is 3. The normalized spacial score (nSPS) is 31.8. The summed E-state index contributed by atoms with van der Waals surface area (Å²) in [4.78, 5) is 36.4. The lowest BCUT2D eigenvalue weighted by molar-refractivity contribution is -0.155. The largest absolute Gasteiger partial charge is 0.462 e. The summed E-state index contributed by atoms with van der Waals surface area (Å²) in [5.41, 5.74) is 0.847. The number of hydrogen-bond donors (Lipinski definition) is 0. The second-order valence-corrected chi connectivity index (χ2v) is 8.99. The Morgan fingerprint density at radius 3 is 2.33 bits per heavy atom. The molecule has 0 bridgehead atoms. The molecule has 2 aliphatic rings. The zero-order valence-corrected chi connectivity index (χ0v) is 17.5. The van der Waals surface area contributed by atoms with Crippen LogP contribution in [-0.2, 0) is 23.9 Å². The van der Waals surface area contributed by atoms with Crippen molar-refractivity contribution in [3.63, 3.8) is 0 Å². The van der Waals surface area contributed by atoms with Crippen molar-refractivity contribution in [2.75, 3.05) is 0 Å². The Kier molecular flexibility index (Phi) is 6.87. The highest BCUT2D eigenvalue weighted by atomic mass is 16.5. The molecule has 0 amide bonds. The molecule has 5 nitrogen and oxygen atoms in total. The molecule has 0 unspecified atom stereocenters. The van der Waals surface area contributed by atoms with Crippen molar-refractivity contribution in [2.24, 2.45) is 35.5 Å². The molecule has 0 saturated heterocycles. The van der Waals surface area contributed by atoms with Gasteiger partial charge in [0.25, 0.3) is 0 Å². The van der Waals surface area contributed by atoms with Crippen LogP contribution in [0.3, 0.4) is 0 Å². The summed E-state index contributed by atoms with van der Waals surface area (Å²) in [6.45, 7) is 15.6. The number of esters is 2. The van der Waals surface area contributed by atoms with Gasteiger partial charge in [-0.15, -0.1) is 0 Å². The molecule has 0 heterocycles. The van der Waals surface area contributed by atoms with Gasteiger partial charge < -0.3 is 9.47 Å². The number of fused-ring (bicyclic) bond motifs is 1. The molecule has 0 aromatic rings. The predicted octanol–water partition coefficient (Wildman–Crippen LogP) is 3.95. The first-order valence-corrected chi connectivity index (χ1v) is 10.1. The summed E-state index contributed by atoms with van der Waals surface area (Å²) < 4.78 is 11.1. The lowest BCUT2D eigenvalue weighted by Crippen LogP contribution is -2.44. The van der Waals surface area contributed by atoms with Crippen molar-refractivity contribution in [3.05, 3.63) is 12.2 Å². The number of rotatable bonds is 6. The third-order valence-corrected chi connectivity index (χ3v) is 6.11. The molecule has 5 heteroatoms. The van der Waals surface area contributed by atoms with Crippen LogP contribution in [0.5, 0.6) is 0 Å². The van der Waals surface area contributed by atoms with Gasteiger partial charge in [0.15, 0.2) is 0 Å². The minimum atomic E-state index is -0.445. The lowest BCUT2D eigenvalue weighted by atomic mass is 9.63. The predicted molar refractivity (Wildman–Crippen MR) is 103 cm³/mol. The van der Waals surface area contributed by atoms with Gasteiger partial charge in [0.1, 0.15) is 18.0 Å². The van der Waals surface area contributed by atoms with Crippen molar-refractivity contribution in [2.45, 2.75) is 73.0 Å². The molecule has 152 valence electrons. The Balaban J connectivity index is 2.25. The fourth-order valence-corrected chi connectivity index (χ4v) is 4.98. The average Bonchev–Trinajstić information content (AvgIpc) is 2.85. The SMILES string of the molecule is C=C1[C@@H](OC(=O)CC(C)C)C[C@H](C(C)C)[C@H]2[C@H]([C@H](C)OC(C)=O)C(=O)C[C@H]12. The fraction of sp³-hybridized carbons (Fsp3) is 0.773. The standard InChI is InChI=1S/C22H34O5/c1-11(2)8-20(25)27-19-10-16(12(3)4)22-17(13(19)5)9-18(24)21(22)14(6)26-15(7)23/h11-12,14,16-17,19,21-22H,5,8-10H2,1-4,6-7H3/t14-,16+,17+,19-,21+,22+/m0/s1. The Labute approximate surface area is 162 Å². The van der Waals surface area contributed by atoms with Gasteiger partial charge in [-0.25, -0.2) is 0 Å². The van der Waals surface area contributed by atoms with Gasteiger partial charge in [-0.2, -0.15) is 0 Å². The number of ether oxygens (including phenoxy) is 2. The second-order valence-electron chi connectivity index (χ2n) is 8.99. The van der Waals surface area contributed by atoms with Crippen molar-refractivity contribution >= 4 is 17.7 Å². The van der Waals surface area contributed by atoms with Gasteiger partial charge in [0.2, 0.25) is 0 Å². The second kappa shape index (κ2) is 8.57. The topological polar surface area (TPSA) is 69.7 Å². The maximum absolute atomic E-state index is 12.8. The van der Waals surface area contributed by atoms with Crippen molar-refractivity contribution in [1.82, 2.24) is 0 Å². The van der Waals surface area contributed by atoms with Crippen LogP contribution in [0, 0.1) is 35.5 Å². The molecule has 2 saturated carbocycles. The van der Waals surface area contributed by atoms with E-state index in [4.69, 9.17) is 9.47 Å². The van der Waals surface area contributed by atoms with Crippen molar-refractivity contribution in [1.29, 1.82) is 0 Å². The quantitative estimate of drug-likeness (QED) is 0.517. The fourth-order valence-electron chi connectivity index (χ4n) is 4.98. The molecular weight excluding hydrogens is 344 g/mol. The highest BCUT2D eigenvalue weighted by molar-refractivity contribution is 5.85. The first-order chi connectivity index (χ1) is 12.5. The first kappa shape index (κ1) is 21.6. The summed E-state index contributed by atoms with van der Waals surface area (Å²) >= 11 is 0. The van der Waals surface area contributed by atoms with E-state index in [1.54, 1.807) is 6.92 Å². The monoisotopic (exact) mass is 378 g/mol. The van der Waals surface area contributed by atoms with Crippen LogP contribution < -0.4 is 0 Å². The molecule has 2 rings (SSSR count). The maximum Gasteiger partial charge on any atom is 0.306 e. The molecule has 2 fully saturated rings. The minimum Gasteiger partial charge on any atom is -0.462 e. The van der Waals surface area contributed by atoms with E-state index < -0.39 is 6.10 Å². The van der Waals surface area contributed by atoms with Crippen LogP contribution in [0.25, 0.3) is 0 Å². The van der Waals surface area contributed by atoms with Gasteiger partial charge in [-0.3, -0.25) is 14.4 Å². The van der Waals surface area contributed by atoms with Gasteiger partial charge >= 0.3 is 11.9 Å². The van der Waals surface area contributed by atoms with Crippen LogP contribution >= 0.6 is 0 Å². The third-order valence-electron chi connectivity index (χ3n) is 6.11. The Bertz CT molecular complexity index is 606. The van der Waals surface area contributed by atoms with Crippen LogP contribution in [0.15, 0.2) is 12.2 Å². The number of ketones is 1. The van der Waals surface area contributed by atoms with E-state index in [0.717, 1.165) is 5.57 Å². The summed E-state index contributed by atoms with van der Waals surface area (Å²) in [7, 11) is 0. The summed E-state index contributed by atoms with van der Waals surface area (Å²) in [6, 6.07) is 0. The average molecular weight is 379 g/mol. The summed E-state index contributed by atoms with van der Waals surface area (Å²) in [5, 5.41) is 0. The van der Waals surface area contributed by atoms with Crippen LogP contribution in [0.1, 0.15) is 60.8 Å². The molecule has 0 aliphatic heterocycles. The van der Waals surface area contributed by atoms with E-state index in [-0.39, 0.29) is 53.4 Å². The number of Topliss-reactive ketones (excluding diaryl/α,β-unsaturated/α-hetero) is 1. The van der Waals surface area contributed by atoms with Crippen molar-refractivity contribution < 1.29 is 23.9 Å². The number of hydrogen-bond acceptors (Lipinski definition) is 5. The van der Waals surface area contributed by atoms with Gasteiger partial charge in [0, 0.05) is 19.8 Å². The highest BCUT2D eigenvalue weighted by Gasteiger charge is 2.55. The van der Waals surface area contributed by atoms with Crippen molar-refractivity contribution in [3.8, 4) is 0 Å². The van der Waals surface area contributed by atoms with E-state index in [1.807, 2.05) is 13.8 Å². The van der Waals surface area contributed by atoms with Crippen LogP contribution in [-0.4, -0.2) is 29.9 Å². The van der Waals surface area contributed by atoms with E-state index in [2.05, 4.69) is 20.4 Å². The van der Waals surface area contributed by atoms with E-state index >= 15 is 0 Å². The lowest BCUT2D eigenvalue weighted by Gasteiger charge is -2.44. The molecule has 27 heavy (non-hydrogen) atoms. The molecule has 6 atom stereocenters. The van der Waals surface area contributed by atoms with Crippen LogP contribution in [0.4, 0.5) is 0 Å². The molecule has 2 aliphatic carbocycles. The first-order valence-electron chi connectivity index (χ1n) is 10.1. The number of carbonyl (C=O) groups excluding carboxylic acids is 3. The summed E-state index contributed by atoms with van der Waals surface area (Å²) in [5.74, 6) is 0.0980. The third kappa shape index (κ3) is 4.80. The van der Waals surface area contributed by atoms with E-state index in [0.29, 0.717) is 25.2 Å². The van der Waals surface area contributed by atoms with Crippen LogP contribution in [0.2, 0.25) is 0 Å². The van der Waals surface area contributed by atoms with Gasteiger partial charge in [0.05, 0.1) is 5.92 Å². The van der Waals surface area contributed by atoms with Gasteiger partial charge in [-0.1, -0.05) is 34.3 Å². The molecule has 0 spiro atoms. The maximum atomic E-state index is 12.8. The smallest absolute Gasteiger partial charge is 0.306 e. The zero-order chi connectivity index (χ0) is 20.5. The minimum absolute atomic E-state index is 0.0153. The molecule has 0 aromatic heterocycles. The zero-order valence-electron chi connectivity index (χ0n) is 17.5. The Morgan fingerprint density at radius 1 is 1.19 bits per heavy atom. The van der Waals surface area contributed by atoms with Gasteiger partial charge in [-0.05, 0) is 48.5 Å².